The first-order chi connectivity index (χ1) is 32.5. The van der Waals surface area contributed by atoms with Gasteiger partial charge in [0.2, 0.25) is 5.91 Å². The zero-order chi connectivity index (χ0) is 47.9. The van der Waals surface area contributed by atoms with Crippen LogP contribution >= 0.6 is 0 Å². The fraction of sp³-hybridized carbons (Fsp3) is 0.800. The summed E-state index contributed by atoms with van der Waals surface area (Å²) in [5.74, 6) is -0.116. The average Bonchev–Trinajstić information content (AvgIpc) is 3.32. The van der Waals surface area contributed by atoms with Gasteiger partial charge in [-0.15, -0.1) is 0 Å². The number of rotatable bonds is 52. The van der Waals surface area contributed by atoms with Gasteiger partial charge >= 0.3 is 5.97 Å². The molecule has 1 amide bonds. The van der Waals surface area contributed by atoms with Crippen LogP contribution in [0.2, 0.25) is 0 Å². The standard InChI is InChI=1S/C60H109NO5/c1-3-5-7-9-11-13-15-17-19-21-25-28-32-36-40-44-48-52-58(63)57(56-62)61-59(64)53-49-45-41-37-33-29-26-22-20-23-27-31-35-39-43-47-51-55-66-60(65)54-50-46-42-38-34-30-24-18-16-14-12-10-8-6-4-2/h12,14,18,20,23-24,31,35,48,52,57-58,62-63H,3-11,13,15-17,19,21-22,25-30,32-34,36-47,49-51,53-56H2,1-2H3,(H,61,64)/b14-12-,23-20-,24-18-,35-31-,52-48+. The Hall–Kier alpha value is -2.44. The Morgan fingerprint density at radius 1 is 0.424 bits per heavy atom. The summed E-state index contributed by atoms with van der Waals surface area (Å²) in [6.45, 7) is 4.82. The lowest BCUT2D eigenvalue weighted by Gasteiger charge is -2.20. The van der Waals surface area contributed by atoms with Gasteiger partial charge in [-0.3, -0.25) is 9.59 Å². The second kappa shape index (κ2) is 55.2. The van der Waals surface area contributed by atoms with E-state index in [0.717, 1.165) is 96.3 Å². The zero-order valence-electron chi connectivity index (χ0n) is 43.7. The van der Waals surface area contributed by atoms with Gasteiger partial charge in [0.15, 0.2) is 0 Å². The van der Waals surface area contributed by atoms with Crippen molar-refractivity contribution in [3.05, 3.63) is 60.8 Å². The third-order valence-electron chi connectivity index (χ3n) is 12.8. The zero-order valence-corrected chi connectivity index (χ0v) is 43.7. The second-order valence-corrected chi connectivity index (χ2v) is 19.3. The molecule has 384 valence electrons. The third-order valence-corrected chi connectivity index (χ3v) is 12.8. The number of allylic oxidation sites excluding steroid dienone is 9. The largest absolute Gasteiger partial charge is 0.466 e. The first kappa shape index (κ1) is 63.6. The summed E-state index contributed by atoms with van der Waals surface area (Å²) in [7, 11) is 0. The van der Waals surface area contributed by atoms with Gasteiger partial charge in [0.25, 0.3) is 0 Å². The molecular weight excluding hydrogens is 815 g/mol. The molecular formula is C60H109NO5. The maximum absolute atomic E-state index is 12.5. The summed E-state index contributed by atoms with van der Waals surface area (Å²) in [4.78, 5) is 24.5. The van der Waals surface area contributed by atoms with Crippen LogP contribution in [0.4, 0.5) is 0 Å². The van der Waals surface area contributed by atoms with E-state index in [2.05, 4.69) is 67.8 Å². The Labute approximate surface area is 409 Å². The van der Waals surface area contributed by atoms with Crippen molar-refractivity contribution in [2.45, 2.75) is 296 Å². The SMILES string of the molecule is CCCCC/C=C\C/C=C\CCCCCCCC(=O)OCCCCC/C=C\C/C=C\CCCCCCCCCC(=O)NC(CO)C(O)/C=C/CCCCCCCCCCCCCCCCC. The summed E-state index contributed by atoms with van der Waals surface area (Å²) < 4.78 is 5.44. The highest BCUT2D eigenvalue weighted by molar-refractivity contribution is 5.76. The maximum Gasteiger partial charge on any atom is 0.305 e. The Kier molecular flexibility index (Phi) is 53.1. The highest BCUT2D eigenvalue weighted by atomic mass is 16.5. The van der Waals surface area contributed by atoms with Crippen LogP contribution in [-0.2, 0) is 14.3 Å². The van der Waals surface area contributed by atoms with Crippen LogP contribution in [0.3, 0.4) is 0 Å². The molecule has 6 heteroatoms. The minimum atomic E-state index is -0.857. The van der Waals surface area contributed by atoms with Gasteiger partial charge in [0, 0.05) is 12.8 Å². The lowest BCUT2D eigenvalue weighted by molar-refractivity contribution is -0.143. The van der Waals surface area contributed by atoms with Gasteiger partial charge in [-0.05, 0) is 103 Å². The Morgan fingerprint density at radius 2 is 0.758 bits per heavy atom. The number of aliphatic hydroxyl groups is 2. The van der Waals surface area contributed by atoms with E-state index in [-0.39, 0.29) is 18.5 Å². The van der Waals surface area contributed by atoms with Gasteiger partial charge in [-0.2, -0.15) is 0 Å². The van der Waals surface area contributed by atoms with Crippen molar-refractivity contribution in [3.63, 3.8) is 0 Å². The van der Waals surface area contributed by atoms with Gasteiger partial charge in [0.1, 0.15) is 0 Å². The Bertz CT molecular complexity index is 1160. The molecule has 0 rings (SSSR count). The number of amides is 1. The first-order valence-electron chi connectivity index (χ1n) is 28.6. The average molecular weight is 925 g/mol. The Morgan fingerprint density at radius 3 is 1.18 bits per heavy atom. The molecule has 3 N–H and O–H groups in total. The normalized spacial score (nSPS) is 13.1. The molecule has 0 saturated heterocycles. The number of esters is 1. The van der Waals surface area contributed by atoms with E-state index in [1.54, 1.807) is 6.08 Å². The van der Waals surface area contributed by atoms with E-state index in [1.165, 1.54) is 161 Å². The topological polar surface area (TPSA) is 95.9 Å². The first-order valence-corrected chi connectivity index (χ1v) is 28.6. The fourth-order valence-electron chi connectivity index (χ4n) is 8.34. The molecule has 0 aliphatic heterocycles. The molecule has 0 bridgehead atoms. The summed E-state index contributed by atoms with van der Waals surface area (Å²) in [6, 6.07) is -0.642. The van der Waals surface area contributed by atoms with Crippen molar-refractivity contribution in [1.29, 1.82) is 0 Å². The number of nitrogens with one attached hydrogen (secondary N) is 1. The smallest absolute Gasteiger partial charge is 0.305 e. The lowest BCUT2D eigenvalue weighted by atomic mass is 10.0. The predicted molar refractivity (Wildman–Crippen MR) is 287 cm³/mol. The van der Waals surface area contributed by atoms with E-state index in [9.17, 15) is 19.8 Å². The molecule has 0 spiro atoms. The molecule has 0 saturated carbocycles. The number of carbonyl (C=O) groups excluding carboxylic acids is 2. The van der Waals surface area contributed by atoms with Crippen LogP contribution in [0.1, 0.15) is 284 Å². The predicted octanol–water partition coefficient (Wildman–Crippen LogP) is 17.6. The molecule has 2 unspecified atom stereocenters. The van der Waals surface area contributed by atoms with E-state index >= 15 is 0 Å². The summed E-state index contributed by atoms with van der Waals surface area (Å²) >= 11 is 0. The molecule has 2 atom stereocenters. The van der Waals surface area contributed by atoms with Crippen LogP contribution in [0.5, 0.6) is 0 Å². The Balaban J connectivity index is 3.55. The number of ether oxygens (including phenoxy) is 1. The summed E-state index contributed by atoms with van der Waals surface area (Å²) in [5.41, 5.74) is 0. The van der Waals surface area contributed by atoms with Crippen molar-refractivity contribution < 1.29 is 24.5 Å². The highest BCUT2D eigenvalue weighted by Gasteiger charge is 2.18. The number of hydrogen-bond acceptors (Lipinski definition) is 5. The molecule has 0 aliphatic rings. The van der Waals surface area contributed by atoms with Crippen LogP contribution in [0.25, 0.3) is 0 Å². The van der Waals surface area contributed by atoms with Crippen LogP contribution in [-0.4, -0.2) is 47.4 Å². The second-order valence-electron chi connectivity index (χ2n) is 19.3. The number of unbranched alkanes of at least 4 members (excludes halogenated alkanes) is 33. The minimum Gasteiger partial charge on any atom is -0.466 e. The van der Waals surface area contributed by atoms with E-state index in [1.807, 2.05) is 6.08 Å². The van der Waals surface area contributed by atoms with Crippen LogP contribution in [0, 0.1) is 0 Å². The quantitative estimate of drug-likeness (QED) is 0.0321. The number of aliphatic hydroxyl groups excluding tert-OH is 2. The molecule has 0 aromatic rings. The van der Waals surface area contributed by atoms with Crippen molar-refractivity contribution in [1.82, 2.24) is 5.32 Å². The van der Waals surface area contributed by atoms with Gasteiger partial charge in [0.05, 0.1) is 25.4 Å². The molecule has 0 radical (unpaired) electrons. The monoisotopic (exact) mass is 924 g/mol. The fourth-order valence-corrected chi connectivity index (χ4v) is 8.34. The lowest BCUT2D eigenvalue weighted by Crippen LogP contribution is -2.45. The molecule has 0 fully saturated rings. The van der Waals surface area contributed by atoms with Gasteiger partial charge in [-0.25, -0.2) is 0 Å². The minimum absolute atomic E-state index is 0.0312. The molecule has 0 heterocycles. The molecule has 66 heavy (non-hydrogen) atoms. The maximum atomic E-state index is 12.5. The summed E-state index contributed by atoms with van der Waals surface area (Å²) in [6.07, 6.45) is 70.9. The van der Waals surface area contributed by atoms with Gasteiger partial charge in [-0.1, -0.05) is 229 Å². The van der Waals surface area contributed by atoms with Crippen molar-refractivity contribution in [3.8, 4) is 0 Å². The number of carbonyl (C=O) groups is 2. The highest BCUT2D eigenvalue weighted by Crippen LogP contribution is 2.15. The van der Waals surface area contributed by atoms with Crippen LogP contribution < -0.4 is 5.32 Å². The number of hydrogen-bond donors (Lipinski definition) is 3. The van der Waals surface area contributed by atoms with Crippen LogP contribution in [0.15, 0.2) is 60.8 Å². The summed E-state index contributed by atoms with van der Waals surface area (Å²) in [5, 5.41) is 23.1. The molecule has 0 aromatic heterocycles. The van der Waals surface area contributed by atoms with E-state index in [0.29, 0.717) is 19.4 Å². The van der Waals surface area contributed by atoms with Crippen molar-refractivity contribution >= 4 is 11.9 Å². The molecule has 6 nitrogen and oxygen atoms in total. The van der Waals surface area contributed by atoms with E-state index in [4.69, 9.17) is 4.74 Å². The third kappa shape index (κ3) is 51.0. The van der Waals surface area contributed by atoms with E-state index < -0.39 is 12.1 Å². The molecule has 0 aliphatic carbocycles. The molecule has 0 aromatic carbocycles. The van der Waals surface area contributed by atoms with Crippen molar-refractivity contribution in [2.24, 2.45) is 0 Å². The van der Waals surface area contributed by atoms with Gasteiger partial charge < -0.3 is 20.3 Å². The van der Waals surface area contributed by atoms with Crippen molar-refractivity contribution in [2.75, 3.05) is 13.2 Å².